The predicted octanol–water partition coefficient (Wildman–Crippen LogP) is 1.40. The maximum atomic E-state index is 13.6. The lowest BCUT2D eigenvalue weighted by atomic mass is 9.78. The lowest BCUT2D eigenvalue weighted by molar-refractivity contribution is -0.297. The molecule has 288 valence electrons. The van der Waals surface area contributed by atoms with Crippen LogP contribution in [0.15, 0.2) is 29.2 Å². The maximum absolute atomic E-state index is 13.6. The van der Waals surface area contributed by atoms with Crippen LogP contribution in [0.5, 0.6) is 5.75 Å². The minimum absolute atomic E-state index is 0.00302. The molecular weight excluding hydrogens is 672 g/mol. The molecule has 14 atom stereocenters. The van der Waals surface area contributed by atoms with Crippen LogP contribution in [-0.4, -0.2) is 131 Å². The number of methoxy groups -OCH3 is 1. The Balaban J connectivity index is 1.97. The first kappa shape index (κ1) is 42.5. The molecule has 0 aromatic heterocycles. The summed E-state index contributed by atoms with van der Waals surface area (Å²) in [5.74, 6) is -2.67. The topological polar surface area (TPSA) is 205 Å². The molecule has 3 rings (SSSR count). The van der Waals surface area contributed by atoms with Crippen molar-refractivity contribution in [1.82, 2.24) is 9.62 Å². The summed E-state index contributed by atoms with van der Waals surface area (Å²) in [7, 11) is -1.23. The van der Waals surface area contributed by atoms with E-state index in [-0.39, 0.29) is 30.1 Å². The molecule has 0 spiro atoms. The van der Waals surface area contributed by atoms with Crippen LogP contribution in [0.3, 0.4) is 0 Å². The Hall–Kier alpha value is -1.92. The van der Waals surface area contributed by atoms with E-state index < -0.39 is 94.0 Å². The van der Waals surface area contributed by atoms with Crippen LogP contribution < -0.4 is 10.1 Å². The van der Waals surface area contributed by atoms with E-state index in [0.717, 1.165) is 4.31 Å². The Kier molecular flexibility index (Phi) is 14.3. The number of benzene rings is 1. The van der Waals surface area contributed by atoms with Gasteiger partial charge in [0.05, 0.1) is 47.9 Å². The summed E-state index contributed by atoms with van der Waals surface area (Å²) in [5.41, 5.74) is -3.49. The van der Waals surface area contributed by atoms with Crippen molar-refractivity contribution in [3.05, 3.63) is 24.3 Å². The van der Waals surface area contributed by atoms with E-state index in [0.29, 0.717) is 12.3 Å². The van der Waals surface area contributed by atoms with E-state index in [1.807, 2.05) is 6.92 Å². The highest BCUT2D eigenvalue weighted by Gasteiger charge is 2.50. The molecule has 0 amide bonds. The number of aliphatic hydroxyl groups excluding tert-OH is 3. The normalized spacial score (nSPS) is 41.6. The van der Waals surface area contributed by atoms with Gasteiger partial charge in [0.2, 0.25) is 10.0 Å². The summed E-state index contributed by atoms with van der Waals surface area (Å²) >= 11 is 0. The average molecular weight is 733 g/mol. The van der Waals surface area contributed by atoms with E-state index in [4.69, 9.17) is 18.9 Å². The van der Waals surface area contributed by atoms with E-state index >= 15 is 0 Å². The first-order valence-corrected chi connectivity index (χ1v) is 18.9. The zero-order chi connectivity index (χ0) is 37.9. The summed E-state index contributed by atoms with van der Waals surface area (Å²) in [5, 5.41) is 60.8. The third-order valence-electron chi connectivity index (χ3n) is 10.5. The Morgan fingerprint density at radius 2 is 1.62 bits per heavy atom. The van der Waals surface area contributed by atoms with Crippen LogP contribution in [-0.2, 0) is 29.0 Å². The van der Waals surface area contributed by atoms with Gasteiger partial charge in [-0.15, -0.1) is 0 Å². The second kappa shape index (κ2) is 16.8. The first-order chi connectivity index (χ1) is 23.1. The summed E-state index contributed by atoms with van der Waals surface area (Å²) in [6, 6.07) is 4.28. The van der Waals surface area contributed by atoms with Gasteiger partial charge in [0.15, 0.2) is 6.29 Å². The number of hydrogen-bond donors (Lipinski definition) is 6. The zero-order valence-electron chi connectivity index (χ0n) is 31.0. The molecule has 0 radical (unpaired) electrons. The SMILES string of the molecule is CC[C@H]1OC(=O)[C@H](C)[C@@H](O)[C@H](C)[C@@H](O[C@@H]2O[C@H](C)C[C@H](N(C)S(=O)(=O)c3ccc(OC)cc3)[C@H]2O)[C@](C)(O)C[C@@H](C)CN[C@H](C)[C@@H](O)[C@]1(C)O. The first-order valence-electron chi connectivity index (χ1n) is 17.5. The number of esters is 1. The second-order valence-electron chi connectivity index (χ2n) is 14.9. The number of carbonyl (C=O) groups is 1. The molecule has 2 fully saturated rings. The Morgan fingerprint density at radius 3 is 2.18 bits per heavy atom. The Bertz CT molecular complexity index is 1360. The highest BCUT2D eigenvalue weighted by atomic mass is 32.2. The fraction of sp³-hybridized carbons (Fsp3) is 0.800. The number of carbonyl (C=O) groups excluding carboxylic acids is 1. The van der Waals surface area contributed by atoms with Crippen molar-refractivity contribution in [2.45, 2.75) is 146 Å². The van der Waals surface area contributed by atoms with Crippen molar-refractivity contribution in [2.24, 2.45) is 17.8 Å². The van der Waals surface area contributed by atoms with Crippen molar-refractivity contribution in [1.29, 1.82) is 0 Å². The highest BCUT2D eigenvalue weighted by Crippen LogP contribution is 2.37. The number of cyclic esters (lactones) is 1. The molecule has 0 bridgehead atoms. The number of likely N-dealkylation sites (N-methyl/N-ethyl adjacent to an activating group) is 1. The third kappa shape index (κ3) is 9.35. The van der Waals surface area contributed by atoms with Crippen molar-refractivity contribution in [3.8, 4) is 5.75 Å². The minimum atomic E-state index is -4.08. The van der Waals surface area contributed by atoms with E-state index in [9.17, 15) is 38.7 Å². The fourth-order valence-corrected chi connectivity index (χ4v) is 8.68. The van der Waals surface area contributed by atoms with Crippen molar-refractivity contribution in [2.75, 3.05) is 20.7 Å². The maximum Gasteiger partial charge on any atom is 0.311 e. The van der Waals surface area contributed by atoms with Gasteiger partial charge < -0.3 is 49.8 Å². The molecule has 0 aliphatic carbocycles. The van der Waals surface area contributed by atoms with Crippen LogP contribution in [0.1, 0.15) is 74.7 Å². The van der Waals surface area contributed by atoms with Crippen LogP contribution in [0.25, 0.3) is 0 Å². The lowest BCUT2D eigenvalue weighted by Gasteiger charge is -2.46. The van der Waals surface area contributed by atoms with Gasteiger partial charge in [0.25, 0.3) is 0 Å². The number of nitrogens with zero attached hydrogens (tertiary/aromatic N) is 1. The van der Waals surface area contributed by atoms with Crippen LogP contribution in [0.4, 0.5) is 0 Å². The molecule has 0 saturated carbocycles. The number of nitrogens with one attached hydrogen (secondary N) is 1. The molecule has 6 N–H and O–H groups in total. The van der Waals surface area contributed by atoms with Gasteiger partial charge in [0.1, 0.15) is 29.7 Å². The number of ether oxygens (including phenoxy) is 4. The summed E-state index contributed by atoms with van der Waals surface area (Å²) in [6.07, 6.45) is -8.12. The van der Waals surface area contributed by atoms with Gasteiger partial charge >= 0.3 is 5.97 Å². The summed E-state index contributed by atoms with van der Waals surface area (Å²) in [6.45, 7) is 13.3. The van der Waals surface area contributed by atoms with E-state index in [1.165, 1.54) is 59.2 Å². The van der Waals surface area contributed by atoms with Gasteiger partial charge in [-0.05, 0) is 90.6 Å². The molecule has 1 aromatic carbocycles. The van der Waals surface area contributed by atoms with Crippen LogP contribution in [0.2, 0.25) is 0 Å². The van der Waals surface area contributed by atoms with Gasteiger partial charge in [-0.3, -0.25) is 4.79 Å². The molecule has 15 heteroatoms. The Labute approximate surface area is 297 Å². The smallest absolute Gasteiger partial charge is 0.311 e. The third-order valence-corrected chi connectivity index (χ3v) is 12.4. The minimum Gasteiger partial charge on any atom is -0.497 e. The zero-order valence-corrected chi connectivity index (χ0v) is 31.8. The summed E-state index contributed by atoms with van der Waals surface area (Å²) < 4.78 is 51.6. The number of aliphatic hydroxyl groups is 5. The number of sulfonamides is 1. The van der Waals surface area contributed by atoms with Gasteiger partial charge in [-0.25, -0.2) is 8.42 Å². The van der Waals surface area contributed by atoms with Crippen molar-refractivity contribution in [3.63, 3.8) is 0 Å². The molecule has 2 heterocycles. The van der Waals surface area contributed by atoms with Gasteiger partial charge in [0, 0.05) is 19.0 Å². The fourth-order valence-electron chi connectivity index (χ4n) is 7.30. The van der Waals surface area contributed by atoms with Gasteiger partial charge in [-0.1, -0.05) is 20.8 Å². The molecule has 50 heavy (non-hydrogen) atoms. The molecule has 1 aromatic rings. The molecule has 0 unspecified atom stereocenters. The molecular formula is C35H60N2O12S. The Morgan fingerprint density at radius 1 is 1.02 bits per heavy atom. The van der Waals surface area contributed by atoms with Crippen molar-refractivity contribution < 1.29 is 57.7 Å². The molecule has 2 saturated heterocycles. The van der Waals surface area contributed by atoms with Gasteiger partial charge in [-0.2, -0.15) is 4.31 Å². The largest absolute Gasteiger partial charge is 0.497 e. The number of rotatable bonds is 7. The molecule has 2 aliphatic rings. The molecule has 2 aliphatic heterocycles. The molecule has 14 nitrogen and oxygen atoms in total. The van der Waals surface area contributed by atoms with E-state index in [2.05, 4.69) is 5.32 Å². The second-order valence-corrected chi connectivity index (χ2v) is 16.9. The standard InChI is InChI=1S/C35H60N2O12S/c1-11-27-35(8,43)30(40)23(6)36-18-19(2)17-34(7,42)31(21(4)28(38)22(5)32(41)48-27)49-33-29(39)26(16-20(3)47-33)37(9)50(44,45)25-14-12-24(46-10)13-15-25/h12-15,19-23,26-31,33,36,38-40,42-43H,11,16-18H2,1-10H3/t19-,20-,21+,22-,23-,26+,27-,28+,29-,30-,31-,33+,34-,35-/m1/s1. The lowest BCUT2D eigenvalue weighted by Crippen LogP contribution is -2.60. The predicted molar refractivity (Wildman–Crippen MR) is 185 cm³/mol. The van der Waals surface area contributed by atoms with Crippen LogP contribution >= 0.6 is 0 Å². The highest BCUT2D eigenvalue weighted by molar-refractivity contribution is 7.89. The van der Waals surface area contributed by atoms with Crippen LogP contribution in [0, 0.1) is 17.8 Å². The quantitative estimate of drug-likeness (QED) is 0.220. The number of hydrogen-bond acceptors (Lipinski definition) is 13. The van der Waals surface area contributed by atoms with Crippen molar-refractivity contribution >= 4 is 16.0 Å². The monoisotopic (exact) mass is 732 g/mol. The summed E-state index contributed by atoms with van der Waals surface area (Å²) in [4.78, 5) is 13.4. The van der Waals surface area contributed by atoms with E-state index in [1.54, 1.807) is 27.7 Å². The average Bonchev–Trinajstić information content (AvgIpc) is 3.06.